The van der Waals surface area contributed by atoms with Crippen molar-refractivity contribution in [1.82, 2.24) is 15.3 Å². The van der Waals surface area contributed by atoms with Gasteiger partial charge in [-0.3, -0.25) is 5.32 Å². The molecule has 7 nitrogen and oxygen atoms in total. The van der Waals surface area contributed by atoms with Crippen LogP contribution in [-0.2, 0) is 0 Å². The smallest absolute Gasteiger partial charge is 0.304 e. The summed E-state index contributed by atoms with van der Waals surface area (Å²) in [6.45, 7) is 0. The molecule has 2 heterocycles. The first-order valence-corrected chi connectivity index (χ1v) is 5.34. The number of nitrogens with two attached hydrogens (primary N) is 3. The minimum atomic E-state index is -0.932. The number of nitrogens with zero attached hydrogens (tertiary/aromatic N) is 2. The van der Waals surface area contributed by atoms with Crippen molar-refractivity contribution in [1.29, 1.82) is 0 Å². The molecule has 0 spiro atoms. The summed E-state index contributed by atoms with van der Waals surface area (Å²) < 4.78 is 0. The van der Waals surface area contributed by atoms with Gasteiger partial charge in [0.2, 0.25) is 0 Å². The van der Waals surface area contributed by atoms with Gasteiger partial charge in [-0.1, -0.05) is 0 Å². The fourth-order valence-electron chi connectivity index (χ4n) is 2.00. The van der Waals surface area contributed by atoms with Crippen LogP contribution in [0.1, 0.15) is 0 Å². The van der Waals surface area contributed by atoms with Crippen molar-refractivity contribution in [3.63, 3.8) is 0 Å². The van der Waals surface area contributed by atoms with E-state index in [0.717, 1.165) is 10.0 Å². The maximum absolute atomic E-state index is 11.6. The van der Waals surface area contributed by atoms with Gasteiger partial charge in [0, 0.05) is 11.5 Å². The third-order valence-electron chi connectivity index (χ3n) is 3.02. The van der Waals surface area contributed by atoms with E-state index in [0.29, 0.717) is 11.5 Å². The van der Waals surface area contributed by atoms with E-state index in [1.165, 1.54) is 0 Å². The zero-order chi connectivity index (χ0) is 10.6. The van der Waals surface area contributed by atoms with Gasteiger partial charge in [-0.05, 0) is 7.05 Å². The Kier molecular flexibility index (Phi) is 1.95. The first-order chi connectivity index (χ1) is 6.49. The minimum absolute atomic E-state index is 0.456. The van der Waals surface area contributed by atoms with Crippen molar-refractivity contribution in [2.75, 3.05) is 18.6 Å². The highest BCUT2D eigenvalue weighted by Crippen LogP contribution is 2.42. The monoisotopic (exact) mass is 218 g/mol. The molecule has 8 heteroatoms. The number of hydrogen-bond donors (Lipinski definition) is 4. The molecule has 0 saturated carbocycles. The first kappa shape index (κ1) is 9.99. The van der Waals surface area contributed by atoms with Crippen LogP contribution in [0.15, 0.2) is 0 Å². The Hall–Kier alpha value is -0.540. The Morgan fingerprint density at radius 3 is 2.57 bits per heavy atom. The van der Waals surface area contributed by atoms with Crippen molar-refractivity contribution >= 4 is 17.8 Å². The van der Waals surface area contributed by atoms with E-state index in [1.807, 2.05) is 0 Å². The van der Waals surface area contributed by atoms with Gasteiger partial charge in [0.15, 0.2) is 11.3 Å². The molecule has 2 aliphatic heterocycles. The van der Waals surface area contributed by atoms with Gasteiger partial charge in [-0.25, -0.2) is 26.5 Å². The summed E-state index contributed by atoms with van der Waals surface area (Å²) in [6, 6.07) is -0.456. The normalized spacial score (nSPS) is 42.1. The molecular formula is C6H14N6OS. The molecule has 2 aliphatic rings. The summed E-state index contributed by atoms with van der Waals surface area (Å²) >= 11 is 1.61. The van der Waals surface area contributed by atoms with Crippen molar-refractivity contribution in [2.24, 2.45) is 17.4 Å². The molecular weight excluding hydrogens is 204 g/mol. The molecule has 0 aromatic carbocycles. The van der Waals surface area contributed by atoms with Gasteiger partial charge in [-0.2, -0.15) is 11.8 Å². The van der Waals surface area contributed by atoms with Gasteiger partial charge in [-0.15, -0.1) is 0 Å². The van der Waals surface area contributed by atoms with Gasteiger partial charge in [0.1, 0.15) is 0 Å². The largest absolute Gasteiger partial charge is 0.352 e. The molecule has 2 fully saturated rings. The van der Waals surface area contributed by atoms with Crippen LogP contribution in [0.25, 0.3) is 0 Å². The predicted octanol–water partition coefficient (Wildman–Crippen LogP) is -2.21. The van der Waals surface area contributed by atoms with Crippen LogP contribution >= 0.6 is 11.8 Å². The standard InChI is InChI=1S/C6H14N6OS/c1-10-6-3-14-2-5(6,7)11(8)4(13)12(6)9/h10H,2-3,7-9H2,1H3/t5-,6+/m1/s1. The number of likely N-dealkylation sites (N-methyl/N-ethyl adjacent to an activating group) is 1. The van der Waals surface area contributed by atoms with E-state index in [9.17, 15) is 4.79 Å². The maximum atomic E-state index is 11.6. The number of amides is 2. The second kappa shape index (κ2) is 2.74. The highest BCUT2D eigenvalue weighted by molar-refractivity contribution is 7.99. The summed E-state index contributed by atoms with van der Waals surface area (Å²) in [7, 11) is 1.72. The van der Waals surface area contributed by atoms with Crippen molar-refractivity contribution < 1.29 is 4.79 Å². The lowest BCUT2D eigenvalue weighted by Crippen LogP contribution is -2.74. The van der Waals surface area contributed by atoms with Crippen LogP contribution in [-0.4, -0.2) is 45.9 Å². The zero-order valence-corrected chi connectivity index (χ0v) is 8.67. The molecule has 0 aromatic heterocycles. The predicted molar refractivity (Wildman–Crippen MR) is 53.5 cm³/mol. The molecule has 2 amide bonds. The Morgan fingerprint density at radius 1 is 1.43 bits per heavy atom. The number of carbonyl (C=O) groups excluding carboxylic acids is 1. The summed E-state index contributed by atoms with van der Waals surface area (Å²) in [6.07, 6.45) is 0. The van der Waals surface area contributed by atoms with Crippen molar-refractivity contribution in [3.8, 4) is 0 Å². The summed E-state index contributed by atoms with van der Waals surface area (Å²) in [5, 5.41) is 5.11. The topological polar surface area (TPSA) is 114 Å². The van der Waals surface area contributed by atoms with Gasteiger partial charge >= 0.3 is 6.03 Å². The fourth-order valence-corrected chi connectivity index (χ4v) is 3.62. The Bertz CT molecular complexity index is 287. The lowest BCUT2D eigenvalue weighted by Gasteiger charge is -2.39. The molecule has 0 aliphatic carbocycles. The average molecular weight is 218 g/mol. The molecule has 2 atom stereocenters. The molecule has 14 heavy (non-hydrogen) atoms. The molecule has 0 unspecified atom stereocenters. The van der Waals surface area contributed by atoms with Gasteiger partial charge < -0.3 is 5.73 Å². The quantitative estimate of drug-likeness (QED) is 0.225. The lowest BCUT2D eigenvalue weighted by atomic mass is 9.99. The van der Waals surface area contributed by atoms with Gasteiger partial charge in [0.05, 0.1) is 0 Å². The van der Waals surface area contributed by atoms with Crippen molar-refractivity contribution in [3.05, 3.63) is 0 Å². The third kappa shape index (κ3) is 0.805. The number of rotatable bonds is 1. The number of fused-ring (bicyclic) bond motifs is 1. The van der Waals surface area contributed by atoms with Crippen molar-refractivity contribution in [2.45, 2.75) is 11.3 Å². The Labute approximate surface area is 85.9 Å². The number of urea groups is 1. The highest BCUT2D eigenvalue weighted by Gasteiger charge is 2.67. The van der Waals surface area contributed by atoms with Crippen LogP contribution in [0, 0.1) is 0 Å². The second-order valence-corrected chi connectivity index (χ2v) is 4.54. The van der Waals surface area contributed by atoms with E-state index in [2.05, 4.69) is 5.32 Å². The summed E-state index contributed by atoms with van der Waals surface area (Å²) in [5.74, 6) is 12.5. The number of carbonyl (C=O) groups is 1. The Morgan fingerprint density at radius 2 is 2.07 bits per heavy atom. The van der Waals surface area contributed by atoms with Crippen LogP contribution < -0.4 is 22.7 Å². The van der Waals surface area contributed by atoms with E-state index < -0.39 is 17.4 Å². The van der Waals surface area contributed by atoms with E-state index in [-0.39, 0.29) is 0 Å². The molecule has 0 bridgehead atoms. The number of thioether (sulfide) groups is 1. The third-order valence-corrected chi connectivity index (χ3v) is 4.28. The minimum Gasteiger partial charge on any atom is -0.304 e. The fraction of sp³-hybridized carbons (Fsp3) is 0.833. The van der Waals surface area contributed by atoms with E-state index in [1.54, 1.807) is 18.8 Å². The van der Waals surface area contributed by atoms with Crippen LogP contribution in [0.5, 0.6) is 0 Å². The zero-order valence-electron chi connectivity index (χ0n) is 7.86. The summed E-state index contributed by atoms with van der Waals surface area (Å²) in [5.41, 5.74) is 4.42. The Balaban J connectivity index is 2.49. The molecule has 2 saturated heterocycles. The van der Waals surface area contributed by atoms with Crippen LogP contribution in [0.2, 0.25) is 0 Å². The molecule has 0 aromatic rings. The molecule has 80 valence electrons. The van der Waals surface area contributed by atoms with Gasteiger partial charge in [0.25, 0.3) is 0 Å². The lowest BCUT2D eigenvalue weighted by molar-refractivity contribution is 0.0744. The maximum Gasteiger partial charge on any atom is 0.352 e. The van der Waals surface area contributed by atoms with E-state index >= 15 is 0 Å². The van der Waals surface area contributed by atoms with Crippen LogP contribution in [0.3, 0.4) is 0 Å². The van der Waals surface area contributed by atoms with Crippen LogP contribution in [0.4, 0.5) is 4.79 Å². The molecule has 0 radical (unpaired) electrons. The second-order valence-electron chi connectivity index (χ2n) is 3.55. The number of hydrazine groups is 2. The molecule has 7 N–H and O–H groups in total. The number of nitrogens with one attached hydrogen (secondary N) is 1. The first-order valence-electron chi connectivity index (χ1n) is 4.19. The highest BCUT2D eigenvalue weighted by atomic mass is 32.2. The number of hydrogen-bond acceptors (Lipinski definition) is 6. The molecule has 2 rings (SSSR count). The summed E-state index contributed by atoms with van der Waals surface area (Å²) in [4.78, 5) is 11.6. The SMILES string of the molecule is CN[C@]12CSC[C@@]1(N)N(N)C(=O)N2N. The van der Waals surface area contributed by atoms with E-state index in [4.69, 9.17) is 17.4 Å². The average Bonchev–Trinajstić information content (AvgIpc) is 2.59.